The van der Waals surface area contributed by atoms with Crippen LogP contribution >= 0.6 is 0 Å². The fourth-order valence-electron chi connectivity index (χ4n) is 3.74. The molecule has 0 saturated heterocycles. The fraction of sp³-hybridized carbons (Fsp3) is 0.286. The summed E-state index contributed by atoms with van der Waals surface area (Å²) in [5, 5.41) is 2.35. The summed E-state index contributed by atoms with van der Waals surface area (Å²) in [5.74, 6) is 0.752. The quantitative estimate of drug-likeness (QED) is 0.645. The van der Waals surface area contributed by atoms with Crippen LogP contribution in [0.25, 0.3) is 21.9 Å². The molecule has 0 amide bonds. The number of aryl methyl sites for hydroxylation is 1. The average molecular weight is 303 g/mol. The Morgan fingerprint density at radius 3 is 2.61 bits per heavy atom. The molecule has 0 atom stereocenters. The van der Waals surface area contributed by atoms with Gasteiger partial charge in [0.25, 0.3) is 0 Å². The molecule has 23 heavy (non-hydrogen) atoms. The molecule has 4 rings (SSSR count). The van der Waals surface area contributed by atoms with Gasteiger partial charge in [-0.1, -0.05) is 55.8 Å². The number of nitrogens with zero attached hydrogens (tertiary/aromatic N) is 1. The van der Waals surface area contributed by atoms with Crippen molar-refractivity contribution in [2.24, 2.45) is 0 Å². The van der Waals surface area contributed by atoms with E-state index in [-0.39, 0.29) is 5.41 Å². The number of fused-ring (bicyclic) bond motifs is 5. The molecule has 0 fully saturated rings. The van der Waals surface area contributed by atoms with Gasteiger partial charge in [-0.2, -0.15) is 0 Å². The number of hydrogen-bond acceptors (Lipinski definition) is 2. The first-order chi connectivity index (χ1) is 11.0. The third kappa shape index (κ3) is 1.91. The molecule has 1 aliphatic carbocycles. The Hall–Kier alpha value is -2.35. The van der Waals surface area contributed by atoms with Crippen molar-refractivity contribution >= 4 is 10.8 Å². The van der Waals surface area contributed by atoms with Crippen LogP contribution in [-0.2, 0) is 5.41 Å². The van der Waals surface area contributed by atoms with Crippen molar-refractivity contribution in [2.75, 3.05) is 6.61 Å². The number of rotatable bonds is 2. The highest BCUT2D eigenvalue weighted by Crippen LogP contribution is 2.51. The molecular weight excluding hydrogens is 282 g/mol. The lowest BCUT2D eigenvalue weighted by Gasteiger charge is -2.21. The van der Waals surface area contributed by atoms with E-state index in [0.29, 0.717) is 6.61 Å². The molecule has 0 unspecified atom stereocenters. The molecule has 2 aromatic carbocycles. The van der Waals surface area contributed by atoms with E-state index in [2.05, 4.69) is 63.2 Å². The van der Waals surface area contributed by atoms with E-state index in [9.17, 15) is 0 Å². The molecule has 1 heterocycles. The van der Waals surface area contributed by atoms with Crippen LogP contribution in [0.1, 0.15) is 37.6 Å². The predicted molar refractivity (Wildman–Crippen MR) is 95.2 cm³/mol. The van der Waals surface area contributed by atoms with Crippen LogP contribution in [0.4, 0.5) is 0 Å². The summed E-state index contributed by atoms with van der Waals surface area (Å²) in [6.07, 6.45) is 0. The zero-order chi connectivity index (χ0) is 16.2. The van der Waals surface area contributed by atoms with Crippen molar-refractivity contribution in [2.45, 2.75) is 33.1 Å². The minimum absolute atomic E-state index is 0.101. The molecular formula is C21H21NO. The predicted octanol–water partition coefficient (Wildman–Crippen LogP) is 5.25. The number of pyridine rings is 1. The lowest BCUT2D eigenvalue weighted by molar-refractivity contribution is 0.329. The van der Waals surface area contributed by atoms with E-state index < -0.39 is 0 Å². The maximum atomic E-state index is 5.87. The molecule has 0 aliphatic heterocycles. The van der Waals surface area contributed by atoms with E-state index in [1.165, 1.54) is 27.6 Å². The third-order valence-electron chi connectivity index (χ3n) is 4.87. The van der Waals surface area contributed by atoms with Crippen LogP contribution in [0.15, 0.2) is 42.5 Å². The summed E-state index contributed by atoms with van der Waals surface area (Å²) in [7, 11) is 0. The van der Waals surface area contributed by atoms with Crippen LogP contribution in [0.5, 0.6) is 5.88 Å². The highest BCUT2D eigenvalue weighted by Gasteiger charge is 2.38. The van der Waals surface area contributed by atoms with Gasteiger partial charge in [-0.3, -0.25) is 0 Å². The van der Waals surface area contributed by atoms with Gasteiger partial charge in [0.05, 0.1) is 12.3 Å². The van der Waals surface area contributed by atoms with Gasteiger partial charge < -0.3 is 4.74 Å². The Bertz CT molecular complexity index is 925. The fourth-order valence-corrected chi connectivity index (χ4v) is 3.74. The highest BCUT2D eigenvalue weighted by atomic mass is 16.5. The molecule has 2 nitrogen and oxygen atoms in total. The number of hydrogen-bond donors (Lipinski definition) is 0. The van der Waals surface area contributed by atoms with Gasteiger partial charge in [-0.05, 0) is 36.4 Å². The Labute approximate surface area is 137 Å². The van der Waals surface area contributed by atoms with Crippen molar-refractivity contribution in [3.8, 4) is 17.0 Å². The topological polar surface area (TPSA) is 22.1 Å². The molecule has 0 radical (unpaired) electrons. The molecule has 2 heteroatoms. The molecule has 1 aromatic heterocycles. The van der Waals surface area contributed by atoms with Crippen LogP contribution in [0.3, 0.4) is 0 Å². The summed E-state index contributed by atoms with van der Waals surface area (Å²) in [5.41, 5.74) is 6.21. The second-order valence-electron chi connectivity index (χ2n) is 6.79. The van der Waals surface area contributed by atoms with Crippen LogP contribution in [0.2, 0.25) is 0 Å². The zero-order valence-corrected chi connectivity index (χ0v) is 14.1. The van der Waals surface area contributed by atoms with Gasteiger partial charge in [0.2, 0.25) is 5.88 Å². The molecule has 1 aliphatic rings. The summed E-state index contributed by atoms with van der Waals surface area (Å²) in [6.45, 7) is 9.28. The molecule has 0 bridgehead atoms. The minimum atomic E-state index is -0.101. The van der Waals surface area contributed by atoms with Crippen LogP contribution in [-0.4, -0.2) is 11.6 Å². The van der Waals surface area contributed by atoms with E-state index in [1.54, 1.807) is 0 Å². The smallest absolute Gasteiger partial charge is 0.221 e. The Kier molecular flexibility index (Phi) is 2.99. The number of benzene rings is 2. The minimum Gasteiger partial charge on any atom is -0.478 e. The average Bonchev–Trinajstić information content (AvgIpc) is 2.76. The van der Waals surface area contributed by atoms with Crippen molar-refractivity contribution in [3.63, 3.8) is 0 Å². The van der Waals surface area contributed by atoms with Gasteiger partial charge in [-0.25, -0.2) is 4.98 Å². The van der Waals surface area contributed by atoms with E-state index in [0.717, 1.165) is 17.0 Å². The maximum absolute atomic E-state index is 5.87. The first-order valence-corrected chi connectivity index (χ1v) is 8.21. The summed E-state index contributed by atoms with van der Waals surface area (Å²) >= 11 is 0. The molecule has 0 N–H and O–H groups in total. The highest BCUT2D eigenvalue weighted by molar-refractivity contribution is 6.03. The van der Waals surface area contributed by atoms with Crippen molar-refractivity contribution < 1.29 is 4.74 Å². The van der Waals surface area contributed by atoms with Crippen LogP contribution < -0.4 is 4.74 Å². The number of aromatic nitrogens is 1. The van der Waals surface area contributed by atoms with E-state index in [4.69, 9.17) is 9.72 Å². The third-order valence-corrected chi connectivity index (χ3v) is 4.87. The zero-order valence-electron chi connectivity index (χ0n) is 14.1. The van der Waals surface area contributed by atoms with E-state index >= 15 is 0 Å². The second-order valence-corrected chi connectivity index (χ2v) is 6.79. The number of ether oxygens (including phenoxy) is 1. The van der Waals surface area contributed by atoms with Gasteiger partial charge in [0.15, 0.2) is 0 Å². The van der Waals surface area contributed by atoms with Crippen LogP contribution in [0, 0.1) is 6.92 Å². The maximum Gasteiger partial charge on any atom is 0.221 e. The SMILES string of the molecule is CCOc1nc2c(c3cc(C)ccc13)-c1ccccc1C2(C)C. The lowest BCUT2D eigenvalue weighted by Crippen LogP contribution is -2.17. The molecule has 3 aromatic rings. The Balaban J connectivity index is 2.17. The largest absolute Gasteiger partial charge is 0.478 e. The summed E-state index contributed by atoms with van der Waals surface area (Å²) in [4.78, 5) is 4.95. The molecule has 0 saturated carbocycles. The van der Waals surface area contributed by atoms with Gasteiger partial charge in [0.1, 0.15) is 0 Å². The van der Waals surface area contributed by atoms with Crippen molar-refractivity contribution in [1.82, 2.24) is 4.98 Å². The van der Waals surface area contributed by atoms with Gasteiger partial charge in [0, 0.05) is 16.4 Å². The Morgan fingerprint density at radius 1 is 1.04 bits per heavy atom. The normalized spacial score (nSPS) is 14.6. The first kappa shape index (κ1) is 14.3. The van der Waals surface area contributed by atoms with Gasteiger partial charge >= 0.3 is 0 Å². The lowest BCUT2D eigenvalue weighted by atomic mass is 9.85. The monoisotopic (exact) mass is 303 g/mol. The second kappa shape index (κ2) is 4.82. The standard InChI is InChI=1S/C21H21NO/c1-5-23-20-14-11-10-13(2)12-16(14)18-15-8-6-7-9-17(15)21(3,4)19(18)22-20/h6-12H,5H2,1-4H3. The summed E-state index contributed by atoms with van der Waals surface area (Å²) < 4.78 is 5.87. The van der Waals surface area contributed by atoms with Crippen molar-refractivity contribution in [1.29, 1.82) is 0 Å². The van der Waals surface area contributed by atoms with Crippen molar-refractivity contribution in [3.05, 3.63) is 59.3 Å². The van der Waals surface area contributed by atoms with Gasteiger partial charge in [-0.15, -0.1) is 0 Å². The first-order valence-electron chi connectivity index (χ1n) is 8.21. The van der Waals surface area contributed by atoms with E-state index in [1.807, 2.05) is 6.92 Å². The molecule has 0 spiro atoms. The summed E-state index contributed by atoms with van der Waals surface area (Å²) in [6, 6.07) is 15.2. The Morgan fingerprint density at radius 2 is 1.83 bits per heavy atom. The molecule has 116 valence electrons.